The maximum Gasteiger partial charge on any atom is 0.417 e. The summed E-state index contributed by atoms with van der Waals surface area (Å²) in [4.78, 5) is 3.64. The summed E-state index contributed by atoms with van der Waals surface area (Å²) in [5.41, 5.74) is 0.961. The fraction of sp³-hybridized carbons (Fsp3) is 0.389. The van der Waals surface area contributed by atoms with Crippen molar-refractivity contribution >= 4 is 0 Å². The molecule has 0 amide bonds. The molecule has 7 heteroatoms. The molecule has 1 aromatic heterocycles. The number of hydrogen-bond acceptors (Lipinski definition) is 4. The van der Waals surface area contributed by atoms with Crippen LogP contribution in [-0.4, -0.2) is 23.3 Å². The minimum absolute atomic E-state index is 0.142. The summed E-state index contributed by atoms with van der Waals surface area (Å²) in [6, 6.07) is 5.44. The Morgan fingerprint density at radius 1 is 1.12 bits per heavy atom. The molecule has 0 aliphatic heterocycles. The van der Waals surface area contributed by atoms with Gasteiger partial charge in [0, 0.05) is 18.7 Å². The smallest absolute Gasteiger partial charge is 0.417 e. The largest absolute Gasteiger partial charge is 0.508 e. The van der Waals surface area contributed by atoms with Gasteiger partial charge in [-0.1, -0.05) is 6.92 Å². The van der Waals surface area contributed by atoms with E-state index in [1.165, 1.54) is 6.07 Å². The van der Waals surface area contributed by atoms with Crippen LogP contribution in [0, 0.1) is 6.92 Å². The number of pyridine rings is 1. The third-order valence-electron chi connectivity index (χ3n) is 3.57. The zero-order chi connectivity index (χ0) is 18.4. The lowest BCUT2D eigenvalue weighted by molar-refractivity contribution is -0.137. The highest BCUT2D eigenvalue weighted by atomic mass is 19.4. The number of aromatic hydroxyl groups is 1. The first-order chi connectivity index (χ1) is 11.8. The van der Waals surface area contributed by atoms with Crippen LogP contribution in [0.1, 0.15) is 30.0 Å². The normalized spacial score (nSPS) is 11.4. The second-order valence-electron chi connectivity index (χ2n) is 5.54. The molecule has 1 N–H and O–H groups in total. The van der Waals surface area contributed by atoms with Crippen molar-refractivity contribution in [2.24, 2.45) is 0 Å². The summed E-state index contributed by atoms with van der Waals surface area (Å²) in [5, 5.41) is 9.60. The minimum atomic E-state index is -4.40. The molecule has 0 saturated carbocycles. The van der Waals surface area contributed by atoms with Gasteiger partial charge in [0.25, 0.3) is 0 Å². The number of aromatic nitrogens is 1. The Kier molecular flexibility index (Phi) is 6.12. The van der Waals surface area contributed by atoms with Crippen molar-refractivity contribution in [3.63, 3.8) is 0 Å². The minimum Gasteiger partial charge on any atom is -0.508 e. The number of phenols is 1. The Bertz CT molecular complexity index is 700. The fourth-order valence-corrected chi connectivity index (χ4v) is 2.34. The van der Waals surface area contributed by atoms with Crippen molar-refractivity contribution in [1.82, 2.24) is 4.98 Å². The molecule has 0 atom stereocenters. The van der Waals surface area contributed by atoms with Gasteiger partial charge in [-0.3, -0.25) is 0 Å². The van der Waals surface area contributed by atoms with Gasteiger partial charge in [0.05, 0.1) is 18.8 Å². The van der Waals surface area contributed by atoms with E-state index in [0.29, 0.717) is 13.0 Å². The van der Waals surface area contributed by atoms with Crippen LogP contribution in [0.25, 0.3) is 0 Å². The number of phenolic OH excluding ortho intramolecular Hbond substituents is 1. The van der Waals surface area contributed by atoms with Gasteiger partial charge in [-0.05, 0) is 42.7 Å². The van der Waals surface area contributed by atoms with Gasteiger partial charge in [0.2, 0.25) is 5.88 Å². The van der Waals surface area contributed by atoms with Gasteiger partial charge in [-0.25, -0.2) is 4.98 Å². The predicted octanol–water partition coefficient (Wildman–Crippen LogP) is 4.52. The first-order valence-electron chi connectivity index (χ1n) is 7.92. The first kappa shape index (κ1) is 18.9. The van der Waals surface area contributed by atoms with Gasteiger partial charge < -0.3 is 14.6 Å². The second-order valence-corrected chi connectivity index (χ2v) is 5.54. The zero-order valence-corrected chi connectivity index (χ0v) is 14.1. The highest BCUT2D eigenvalue weighted by molar-refractivity contribution is 5.46. The van der Waals surface area contributed by atoms with E-state index in [0.717, 1.165) is 35.6 Å². The topological polar surface area (TPSA) is 51.6 Å². The van der Waals surface area contributed by atoms with Crippen LogP contribution in [0.15, 0.2) is 30.5 Å². The first-order valence-corrected chi connectivity index (χ1v) is 7.92. The monoisotopic (exact) mass is 355 g/mol. The van der Waals surface area contributed by atoms with Crippen LogP contribution in [0.2, 0.25) is 0 Å². The Balaban J connectivity index is 1.81. The highest BCUT2D eigenvalue weighted by Crippen LogP contribution is 2.30. The lowest BCUT2D eigenvalue weighted by Crippen LogP contribution is -2.08. The van der Waals surface area contributed by atoms with Crippen molar-refractivity contribution in [3.05, 3.63) is 47.2 Å². The summed E-state index contributed by atoms with van der Waals surface area (Å²) in [6.07, 6.45) is -2.37. The fourth-order valence-electron chi connectivity index (χ4n) is 2.34. The SMILES string of the molecule is CCc1cc(O)cc(C)c1OCCCOc1ccc(C(F)(F)F)cn1. The Labute approximate surface area is 144 Å². The zero-order valence-electron chi connectivity index (χ0n) is 14.1. The number of rotatable bonds is 7. The lowest BCUT2D eigenvalue weighted by Gasteiger charge is -2.14. The summed E-state index contributed by atoms with van der Waals surface area (Å²) < 4.78 is 48.4. The van der Waals surface area contributed by atoms with Crippen molar-refractivity contribution < 1.29 is 27.8 Å². The molecule has 1 aromatic carbocycles. The number of nitrogens with zero attached hydrogens (tertiary/aromatic N) is 1. The third-order valence-corrected chi connectivity index (χ3v) is 3.57. The van der Waals surface area contributed by atoms with Crippen LogP contribution < -0.4 is 9.47 Å². The van der Waals surface area contributed by atoms with Crippen molar-refractivity contribution in [2.75, 3.05) is 13.2 Å². The molecular formula is C18H20F3NO3. The summed E-state index contributed by atoms with van der Waals surface area (Å²) in [6.45, 7) is 4.49. The number of hydrogen-bond donors (Lipinski definition) is 1. The Morgan fingerprint density at radius 2 is 1.84 bits per heavy atom. The molecular weight excluding hydrogens is 335 g/mol. The molecule has 0 bridgehead atoms. The standard InChI is InChI=1S/C18H20F3NO3/c1-3-13-10-15(23)9-12(2)17(13)25-8-4-7-24-16-6-5-14(11-22-16)18(19,20)21/h5-6,9-11,23H,3-4,7-8H2,1-2H3. The van der Waals surface area contributed by atoms with E-state index >= 15 is 0 Å². The van der Waals surface area contributed by atoms with E-state index in [1.54, 1.807) is 12.1 Å². The van der Waals surface area contributed by atoms with E-state index in [9.17, 15) is 18.3 Å². The lowest BCUT2D eigenvalue weighted by atomic mass is 10.1. The number of alkyl halides is 3. The maximum atomic E-state index is 12.4. The summed E-state index contributed by atoms with van der Waals surface area (Å²) in [5.74, 6) is 1.09. The Hall–Kier alpha value is -2.44. The molecule has 136 valence electrons. The van der Waals surface area contributed by atoms with Crippen molar-refractivity contribution in [1.29, 1.82) is 0 Å². The Morgan fingerprint density at radius 3 is 2.44 bits per heavy atom. The molecule has 0 saturated heterocycles. The molecule has 2 aromatic rings. The van der Waals surface area contributed by atoms with E-state index in [2.05, 4.69) is 4.98 Å². The molecule has 0 aliphatic rings. The molecule has 1 heterocycles. The van der Waals surface area contributed by atoms with Gasteiger partial charge in [-0.2, -0.15) is 13.2 Å². The molecule has 0 aliphatic carbocycles. The van der Waals surface area contributed by atoms with E-state index in [1.807, 2.05) is 13.8 Å². The van der Waals surface area contributed by atoms with Crippen LogP contribution >= 0.6 is 0 Å². The number of halogens is 3. The average molecular weight is 355 g/mol. The number of aryl methyl sites for hydroxylation is 2. The number of ether oxygens (including phenoxy) is 2. The van der Waals surface area contributed by atoms with E-state index < -0.39 is 11.7 Å². The molecule has 2 rings (SSSR count). The quantitative estimate of drug-likeness (QED) is 0.742. The van der Waals surface area contributed by atoms with Gasteiger partial charge in [0.15, 0.2) is 0 Å². The molecule has 25 heavy (non-hydrogen) atoms. The average Bonchev–Trinajstić information content (AvgIpc) is 2.55. The van der Waals surface area contributed by atoms with Gasteiger partial charge >= 0.3 is 6.18 Å². The second kappa shape index (κ2) is 8.09. The summed E-state index contributed by atoms with van der Waals surface area (Å²) >= 11 is 0. The van der Waals surface area contributed by atoms with E-state index in [-0.39, 0.29) is 18.2 Å². The van der Waals surface area contributed by atoms with Gasteiger partial charge in [0.1, 0.15) is 11.5 Å². The number of benzene rings is 1. The van der Waals surface area contributed by atoms with Crippen molar-refractivity contribution in [3.8, 4) is 17.4 Å². The summed E-state index contributed by atoms with van der Waals surface area (Å²) in [7, 11) is 0. The maximum absolute atomic E-state index is 12.4. The van der Waals surface area contributed by atoms with Crippen molar-refractivity contribution in [2.45, 2.75) is 32.9 Å². The van der Waals surface area contributed by atoms with Crippen LogP contribution in [0.4, 0.5) is 13.2 Å². The predicted molar refractivity (Wildman–Crippen MR) is 87.1 cm³/mol. The van der Waals surface area contributed by atoms with Gasteiger partial charge in [-0.15, -0.1) is 0 Å². The van der Waals surface area contributed by atoms with Crippen LogP contribution in [0.5, 0.6) is 17.4 Å². The molecule has 4 nitrogen and oxygen atoms in total. The molecule has 0 spiro atoms. The van der Waals surface area contributed by atoms with Crippen LogP contribution in [-0.2, 0) is 12.6 Å². The molecule has 0 fully saturated rings. The molecule has 0 radical (unpaired) electrons. The highest BCUT2D eigenvalue weighted by Gasteiger charge is 2.30. The van der Waals surface area contributed by atoms with E-state index in [4.69, 9.17) is 9.47 Å². The molecule has 0 unspecified atom stereocenters. The van der Waals surface area contributed by atoms with Crippen LogP contribution in [0.3, 0.4) is 0 Å². The third kappa shape index (κ3) is 5.27.